The predicted octanol–water partition coefficient (Wildman–Crippen LogP) is 0.786. The Morgan fingerprint density at radius 1 is 1.35 bits per heavy atom. The maximum Gasteiger partial charge on any atom is 0.223 e. The lowest BCUT2D eigenvalue weighted by molar-refractivity contribution is -0.130. The first-order valence-corrected chi connectivity index (χ1v) is 6.76. The van der Waals surface area contributed by atoms with Crippen LogP contribution in [0.2, 0.25) is 0 Å². The van der Waals surface area contributed by atoms with E-state index in [9.17, 15) is 4.79 Å². The van der Waals surface area contributed by atoms with E-state index in [0.717, 1.165) is 45.7 Å². The number of carbonyl (C=O) groups is 1. The van der Waals surface area contributed by atoms with E-state index in [1.165, 1.54) is 0 Å². The number of carbonyl (C=O) groups excluding carboxylic acids is 1. The summed E-state index contributed by atoms with van der Waals surface area (Å²) in [5.41, 5.74) is 0. The van der Waals surface area contributed by atoms with E-state index in [-0.39, 0.29) is 5.91 Å². The number of rotatable bonds is 6. The van der Waals surface area contributed by atoms with Gasteiger partial charge in [0.15, 0.2) is 0 Å². The minimum absolute atomic E-state index is 0.282. The van der Waals surface area contributed by atoms with Gasteiger partial charge in [-0.2, -0.15) is 0 Å². The number of piperazine rings is 1. The highest BCUT2D eigenvalue weighted by Gasteiger charge is 2.13. The topological polar surface area (TPSA) is 35.6 Å². The molecular formula is C13H27N3O. The van der Waals surface area contributed by atoms with Crippen molar-refractivity contribution in [2.45, 2.75) is 26.7 Å². The summed E-state index contributed by atoms with van der Waals surface area (Å²) in [6, 6.07) is 0. The lowest BCUT2D eigenvalue weighted by Gasteiger charge is -2.27. The van der Waals surface area contributed by atoms with E-state index >= 15 is 0 Å². The molecule has 1 rings (SSSR count). The van der Waals surface area contributed by atoms with Crippen LogP contribution in [0.3, 0.4) is 0 Å². The molecule has 0 bridgehead atoms. The van der Waals surface area contributed by atoms with Gasteiger partial charge in [0.2, 0.25) is 5.91 Å². The minimum Gasteiger partial charge on any atom is -0.346 e. The SMILES string of the molecule is CC(C)CCN(C)C(=O)CCN1CCNCC1. The molecule has 0 radical (unpaired) electrons. The molecule has 100 valence electrons. The smallest absolute Gasteiger partial charge is 0.223 e. The normalized spacial score (nSPS) is 17.4. The fourth-order valence-electron chi connectivity index (χ4n) is 1.96. The van der Waals surface area contributed by atoms with E-state index in [2.05, 4.69) is 24.1 Å². The quantitative estimate of drug-likeness (QED) is 0.747. The molecule has 0 aromatic heterocycles. The molecule has 0 aromatic carbocycles. The van der Waals surface area contributed by atoms with Gasteiger partial charge in [0.25, 0.3) is 0 Å². The van der Waals surface area contributed by atoms with Gasteiger partial charge in [-0.25, -0.2) is 0 Å². The van der Waals surface area contributed by atoms with E-state index in [1.54, 1.807) is 0 Å². The second kappa shape index (κ2) is 7.67. The molecule has 1 aliphatic rings. The van der Waals surface area contributed by atoms with E-state index in [4.69, 9.17) is 0 Å². The van der Waals surface area contributed by atoms with Gasteiger partial charge in [-0.15, -0.1) is 0 Å². The zero-order valence-electron chi connectivity index (χ0n) is 11.5. The second-order valence-electron chi connectivity index (χ2n) is 5.34. The van der Waals surface area contributed by atoms with Crippen LogP contribution in [-0.2, 0) is 4.79 Å². The molecule has 0 spiro atoms. The van der Waals surface area contributed by atoms with Crippen molar-refractivity contribution in [2.75, 3.05) is 46.3 Å². The van der Waals surface area contributed by atoms with E-state index < -0.39 is 0 Å². The highest BCUT2D eigenvalue weighted by atomic mass is 16.2. The maximum absolute atomic E-state index is 11.9. The molecule has 1 aliphatic heterocycles. The lowest BCUT2D eigenvalue weighted by Crippen LogP contribution is -2.44. The van der Waals surface area contributed by atoms with Crippen LogP contribution in [0.25, 0.3) is 0 Å². The zero-order valence-corrected chi connectivity index (χ0v) is 11.5. The molecule has 1 saturated heterocycles. The van der Waals surface area contributed by atoms with Gasteiger partial charge in [-0.1, -0.05) is 13.8 Å². The van der Waals surface area contributed by atoms with Crippen molar-refractivity contribution in [1.29, 1.82) is 0 Å². The molecular weight excluding hydrogens is 214 g/mol. The van der Waals surface area contributed by atoms with Crippen LogP contribution in [0, 0.1) is 5.92 Å². The first-order chi connectivity index (χ1) is 8.09. The monoisotopic (exact) mass is 241 g/mol. The second-order valence-corrected chi connectivity index (χ2v) is 5.34. The largest absolute Gasteiger partial charge is 0.346 e. The first kappa shape index (κ1) is 14.5. The average molecular weight is 241 g/mol. The molecule has 17 heavy (non-hydrogen) atoms. The molecule has 1 amide bonds. The summed E-state index contributed by atoms with van der Waals surface area (Å²) in [6.07, 6.45) is 1.75. The Labute approximate surface area is 105 Å². The average Bonchev–Trinajstić information content (AvgIpc) is 2.34. The van der Waals surface area contributed by atoms with Gasteiger partial charge in [0.1, 0.15) is 0 Å². The molecule has 0 unspecified atom stereocenters. The standard InChI is InChI=1S/C13H27N3O/c1-12(2)4-8-15(3)13(17)5-9-16-10-6-14-7-11-16/h12,14H,4-11H2,1-3H3. The number of hydrogen-bond acceptors (Lipinski definition) is 3. The summed E-state index contributed by atoms with van der Waals surface area (Å²) in [4.78, 5) is 16.1. The third kappa shape index (κ3) is 6.03. The van der Waals surface area contributed by atoms with Crippen molar-refractivity contribution in [3.63, 3.8) is 0 Å². The van der Waals surface area contributed by atoms with Gasteiger partial charge in [0, 0.05) is 52.7 Å². The number of hydrogen-bond donors (Lipinski definition) is 1. The Morgan fingerprint density at radius 2 is 2.00 bits per heavy atom. The van der Waals surface area contributed by atoms with Crippen LogP contribution < -0.4 is 5.32 Å². The molecule has 4 nitrogen and oxygen atoms in total. The van der Waals surface area contributed by atoms with Crippen molar-refractivity contribution in [1.82, 2.24) is 15.1 Å². The maximum atomic E-state index is 11.9. The lowest BCUT2D eigenvalue weighted by atomic mass is 10.1. The molecule has 1 heterocycles. The molecule has 0 atom stereocenters. The minimum atomic E-state index is 0.282. The predicted molar refractivity (Wildman–Crippen MR) is 71.0 cm³/mol. The third-order valence-corrected chi connectivity index (χ3v) is 3.32. The summed E-state index contributed by atoms with van der Waals surface area (Å²) in [7, 11) is 1.92. The fraction of sp³-hybridized carbons (Fsp3) is 0.923. The van der Waals surface area contributed by atoms with E-state index in [0.29, 0.717) is 12.3 Å². The van der Waals surface area contributed by atoms with Gasteiger partial charge >= 0.3 is 0 Å². The van der Waals surface area contributed by atoms with Gasteiger partial charge in [0.05, 0.1) is 0 Å². The Bertz CT molecular complexity index is 225. The zero-order chi connectivity index (χ0) is 12.7. The summed E-state index contributed by atoms with van der Waals surface area (Å²) in [5, 5.41) is 3.32. The highest BCUT2D eigenvalue weighted by Crippen LogP contribution is 2.03. The van der Waals surface area contributed by atoms with Crippen LogP contribution in [-0.4, -0.2) is 62.0 Å². The summed E-state index contributed by atoms with van der Waals surface area (Å²) in [6.45, 7) is 10.4. The van der Waals surface area contributed by atoms with Crippen LogP contribution in [0.4, 0.5) is 0 Å². The molecule has 1 fully saturated rings. The fourth-order valence-corrected chi connectivity index (χ4v) is 1.96. The summed E-state index contributed by atoms with van der Waals surface area (Å²) < 4.78 is 0. The van der Waals surface area contributed by atoms with Crippen molar-refractivity contribution >= 4 is 5.91 Å². The van der Waals surface area contributed by atoms with Crippen LogP contribution in [0.5, 0.6) is 0 Å². The van der Waals surface area contributed by atoms with E-state index in [1.807, 2.05) is 11.9 Å². The number of nitrogens with one attached hydrogen (secondary N) is 1. The van der Waals surface area contributed by atoms with Crippen molar-refractivity contribution in [3.8, 4) is 0 Å². The summed E-state index contributed by atoms with van der Waals surface area (Å²) in [5.74, 6) is 0.947. The van der Waals surface area contributed by atoms with Crippen LogP contribution >= 0.6 is 0 Å². The third-order valence-electron chi connectivity index (χ3n) is 3.32. The molecule has 0 saturated carbocycles. The van der Waals surface area contributed by atoms with Gasteiger partial charge in [-0.3, -0.25) is 4.79 Å². The van der Waals surface area contributed by atoms with Crippen LogP contribution in [0.15, 0.2) is 0 Å². The highest BCUT2D eigenvalue weighted by molar-refractivity contribution is 5.76. The number of amides is 1. The first-order valence-electron chi connectivity index (χ1n) is 6.76. The summed E-state index contributed by atoms with van der Waals surface area (Å²) >= 11 is 0. The Kier molecular flexibility index (Phi) is 6.52. The Balaban J connectivity index is 2.14. The molecule has 0 aromatic rings. The Hall–Kier alpha value is -0.610. The van der Waals surface area contributed by atoms with Gasteiger partial charge in [-0.05, 0) is 12.3 Å². The van der Waals surface area contributed by atoms with Crippen molar-refractivity contribution in [3.05, 3.63) is 0 Å². The molecule has 1 N–H and O–H groups in total. The molecule has 4 heteroatoms. The Morgan fingerprint density at radius 3 is 2.59 bits per heavy atom. The van der Waals surface area contributed by atoms with Crippen molar-refractivity contribution < 1.29 is 4.79 Å². The van der Waals surface area contributed by atoms with Crippen molar-refractivity contribution in [2.24, 2.45) is 5.92 Å². The molecule has 0 aliphatic carbocycles. The van der Waals surface area contributed by atoms with Gasteiger partial charge < -0.3 is 15.1 Å². The number of nitrogens with zero attached hydrogens (tertiary/aromatic N) is 2. The van der Waals surface area contributed by atoms with Crippen LogP contribution in [0.1, 0.15) is 26.7 Å².